The number of hydrogen-bond donors (Lipinski definition) is 2. The van der Waals surface area contributed by atoms with E-state index in [0.717, 1.165) is 53.5 Å². The van der Waals surface area contributed by atoms with Crippen molar-refractivity contribution in [2.24, 2.45) is 5.41 Å². The smallest absolute Gasteiger partial charge is 0.309 e. The Morgan fingerprint density at radius 2 is 1.86 bits per heavy atom. The molecule has 1 aliphatic rings. The van der Waals surface area contributed by atoms with Gasteiger partial charge in [0.05, 0.1) is 36.7 Å². The van der Waals surface area contributed by atoms with Crippen molar-refractivity contribution in [3.8, 4) is 22.8 Å². The van der Waals surface area contributed by atoms with Gasteiger partial charge in [-0.25, -0.2) is 15.0 Å². The first kappa shape index (κ1) is 28.8. The molecule has 4 aromatic rings. The van der Waals surface area contributed by atoms with Crippen LogP contribution in [0.4, 0.5) is 17.6 Å². The number of hydrogen-bond acceptors (Lipinski definition) is 9. The molecule has 1 saturated heterocycles. The van der Waals surface area contributed by atoms with Crippen molar-refractivity contribution in [1.82, 2.24) is 19.9 Å². The molecule has 10 nitrogen and oxygen atoms in total. The van der Waals surface area contributed by atoms with Crippen LogP contribution in [0.3, 0.4) is 0 Å². The molecular weight excluding hydrogens is 532 g/mol. The number of carboxylic acids is 1. The Morgan fingerprint density at radius 3 is 2.62 bits per heavy atom. The van der Waals surface area contributed by atoms with Crippen LogP contribution >= 0.6 is 0 Å². The van der Waals surface area contributed by atoms with Crippen LogP contribution in [0.15, 0.2) is 73.2 Å². The van der Waals surface area contributed by atoms with Gasteiger partial charge in [-0.1, -0.05) is 36.4 Å². The van der Waals surface area contributed by atoms with Crippen LogP contribution in [0.1, 0.15) is 39.2 Å². The highest BCUT2D eigenvalue weighted by molar-refractivity contribution is 5.74. The fourth-order valence-electron chi connectivity index (χ4n) is 4.89. The zero-order valence-corrected chi connectivity index (χ0v) is 24.2. The molecule has 2 aromatic carbocycles. The number of aliphatic carboxylic acids is 1. The van der Waals surface area contributed by atoms with Crippen molar-refractivity contribution in [3.05, 3.63) is 78.8 Å². The number of anilines is 3. The Labute approximate surface area is 245 Å². The first-order valence-corrected chi connectivity index (χ1v) is 14.2. The Hall–Kier alpha value is -4.73. The number of piperidine rings is 1. The summed E-state index contributed by atoms with van der Waals surface area (Å²) in [6.45, 7) is 7.54. The molecule has 3 heterocycles. The van der Waals surface area contributed by atoms with Crippen molar-refractivity contribution in [2.75, 3.05) is 29.9 Å². The third-order valence-corrected chi connectivity index (χ3v) is 7.14. The Morgan fingerprint density at radius 1 is 1.07 bits per heavy atom. The summed E-state index contributed by atoms with van der Waals surface area (Å²) in [5.74, 6) is 2.39. The average molecular weight is 569 g/mol. The van der Waals surface area contributed by atoms with Crippen LogP contribution in [0.25, 0.3) is 11.3 Å². The molecule has 0 spiro atoms. The summed E-state index contributed by atoms with van der Waals surface area (Å²) in [7, 11) is 0. The molecule has 10 heteroatoms. The maximum Gasteiger partial charge on any atom is 0.309 e. The molecule has 2 aromatic heterocycles. The molecule has 0 amide bonds. The summed E-state index contributed by atoms with van der Waals surface area (Å²) in [5.41, 5.74) is 1.77. The summed E-state index contributed by atoms with van der Waals surface area (Å²) in [6.07, 6.45) is 7.45. The number of nitrogens with zero attached hydrogens (tertiary/aromatic N) is 5. The lowest BCUT2D eigenvalue weighted by atomic mass is 9.86. The summed E-state index contributed by atoms with van der Waals surface area (Å²) in [6, 6.07) is 17.4. The van der Waals surface area contributed by atoms with Crippen LogP contribution in [-0.2, 0) is 11.2 Å². The second-order valence-electron chi connectivity index (χ2n) is 10.9. The number of nitrogens with one attached hydrogen (secondary N) is 1. The van der Waals surface area contributed by atoms with Crippen LogP contribution < -0.4 is 19.7 Å². The third-order valence-electron chi connectivity index (χ3n) is 7.14. The SMILES string of the molecule is CCOc1ccccc1O[C@@H]1CCCN(c2cncc(Nc3nccc(-c4ccc(CC(C)(C)C(=O)O)cc4)n3)n2)C1. The second-order valence-corrected chi connectivity index (χ2v) is 10.9. The largest absolute Gasteiger partial charge is 0.490 e. The van der Waals surface area contributed by atoms with Crippen molar-refractivity contribution in [3.63, 3.8) is 0 Å². The van der Waals surface area contributed by atoms with Gasteiger partial charge in [-0.2, -0.15) is 0 Å². The van der Waals surface area contributed by atoms with Gasteiger partial charge in [0.25, 0.3) is 0 Å². The van der Waals surface area contributed by atoms with E-state index in [0.29, 0.717) is 31.3 Å². The van der Waals surface area contributed by atoms with Gasteiger partial charge in [0.1, 0.15) is 11.9 Å². The Bertz CT molecular complexity index is 1510. The molecule has 1 aliphatic heterocycles. The van der Waals surface area contributed by atoms with E-state index in [1.807, 2.05) is 61.5 Å². The van der Waals surface area contributed by atoms with E-state index in [1.54, 1.807) is 32.4 Å². The predicted molar refractivity (Wildman–Crippen MR) is 161 cm³/mol. The van der Waals surface area contributed by atoms with Crippen molar-refractivity contribution >= 4 is 23.6 Å². The molecule has 0 aliphatic carbocycles. The van der Waals surface area contributed by atoms with Gasteiger partial charge in [-0.15, -0.1) is 0 Å². The predicted octanol–water partition coefficient (Wildman–Crippen LogP) is 5.78. The van der Waals surface area contributed by atoms with Crippen LogP contribution in [0.2, 0.25) is 0 Å². The van der Waals surface area contributed by atoms with Crippen molar-refractivity contribution in [2.45, 2.75) is 46.1 Å². The maximum atomic E-state index is 11.5. The molecule has 1 atom stereocenters. The summed E-state index contributed by atoms with van der Waals surface area (Å²) >= 11 is 0. The third kappa shape index (κ3) is 7.12. The molecular formula is C32H36N6O4. The first-order chi connectivity index (χ1) is 20.3. The number of carboxylic acid groups (broad SMARTS) is 1. The zero-order chi connectivity index (χ0) is 29.5. The van der Waals surface area contributed by atoms with Gasteiger partial charge in [0.15, 0.2) is 17.3 Å². The van der Waals surface area contributed by atoms with E-state index in [-0.39, 0.29) is 6.10 Å². The summed E-state index contributed by atoms with van der Waals surface area (Å²) < 4.78 is 12.1. The summed E-state index contributed by atoms with van der Waals surface area (Å²) in [4.78, 5) is 31.9. The van der Waals surface area contributed by atoms with E-state index in [1.165, 1.54) is 0 Å². The van der Waals surface area contributed by atoms with E-state index in [2.05, 4.69) is 25.2 Å². The minimum absolute atomic E-state index is 0.000346. The zero-order valence-electron chi connectivity index (χ0n) is 24.2. The monoisotopic (exact) mass is 568 g/mol. The standard InChI is InChI=1S/C32H36N6O4/c1-4-41-26-9-5-6-10-27(26)42-24-8-7-17-38(21-24)29-20-33-19-28(36-29)37-31-34-16-15-25(35-31)23-13-11-22(12-14-23)18-32(2,3)30(39)40/h5-6,9-16,19-20,24H,4,7-8,17-18,21H2,1-3H3,(H,39,40)(H,34,35,36,37)/t24-/m1/s1. The minimum Gasteiger partial charge on any atom is -0.490 e. The fourth-order valence-corrected chi connectivity index (χ4v) is 4.89. The highest BCUT2D eigenvalue weighted by atomic mass is 16.5. The summed E-state index contributed by atoms with van der Waals surface area (Å²) in [5, 5.41) is 12.6. The molecule has 0 radical (unpaired) electrons. The van der Waals surface area contributed by atoms with Gasteiger partial charge < -0.3 is 24.8 Å². The van der Waals surface area contributed by atoms with Crippen LogP contribution in [-0.4, -0.2) is 56.8 Å². The number of aromatic nitrogens is 4. The van der Waals surface area contributed by atoms with Gasteiger partial charge in [0.2, 0.25) is 5.95 Å². The Kier molecular flexibility index (Phi) is 8.80. The number of ether oxygens (including phenoxy) is 2. The molecule has 218 valence electrons. The molecule has 1 fully saturated rings. The average Bonchev–Trinajstić information content (AvgIpc) is 2.99. The van der Waals surface area contributed by atoms with Crippen LogP contribution in [0, 0.1) is 5.41 Å². The van der Waals surface area contributed by atoms with Crippen molar-refractivity contribution in [1.29, 1.82) is 0 Å². The Balaban J connectivity index is 1.25. The number of para-hydroxylation sites is 2. The molecule has 0 unspecified atom stereocenters. The number of benzene rings is 2. The normalized spacial score (nSPS) is 15.2. The van der Waals surface area contributed by atoms with Gasteiger partial charge >= 0.3 is 5.97 Å². The lowest BCUT2D eigenvalue weighted by Crippen LogP contribution is -2.41. The van der Waals surface area contributed by atoms with Gasteiger partial charge in [-0.05, 0) is 63.8 Å². The van der Waals surface area contributed by atoms with Gasteiger partial charge in [-0.3, -0.25) is 9.78 Å². The first-order valence-electron chi connectivity index (χ1n) is 14.2. The number of rotatable bonds is 11. The molecule has 5 rings (SSSR count). The molecule has 2 N–H and O–H groups in total. The topological polar surface area (TPSA) is 123 Å². The van der Waals surface area contributed by atoms with E-state index in [4.69, 9.17) is 14.5 Å². The van der Waals surface area contributed by atoms with Crippen LogP contribution in [0.5, 0.6) is 11.5 Å². The quantitative estimate of drug-likeness (QED) is 0.230. The van der Waals surface area contributed by atoms with E-state index < -0.39 is 11.4 Å². The fraction of sp³-hybridized carbons (Fsp3) is 0.344. The van der Waals surface area contributed by atoms with E-state index >= 15 is 0 Å². The van der Waals surface area contributed by atoms with Gasteiger partial charge in [0, 0.05) is 18.3 Å². The molecule has 0 bridgehead atoms. The minimum atomic E-state index is -0.833. The molecule has 0 saturated carbocycles. The van der Waals surface area contributed by atoms with Crippen molar-refractivity contribution < 1.29 is 19.4 Å². The highest BCUT2D eigenvalue weighted by Crippen LogP contribution is 2.30. The van der Waals surface area contributed by atoms with E-state index in [9.17, 15) is 9.90 Å². The molecule has 42 heavy (non-hydrogen) atoms. The lowest BCUT2D eigenvalue weighted by Gasteiger charge is -2.33. The lowest BCUT2D eigenvalue weighted by molar-refractivity contribution is -0.146. The second kappa shape index (κ2) is 12.8. The highest BCUT2D eigenvalue weighted by Gasteiger charge is 2.27. The number of carbonyl (C=O) groups is 1. The maximum absolute atomic E-state index is 11.5.